The van der Waals surface area contributed by atoms with Crippen LogP contribution in [0.5, 0.6) is 0 Å². The molecular formula is C27H37N3O. The van der Waals surface area contributed by atoms with Crippen LogP contribution in [-0.4, -0.2) is 65.4 Å². The van der Waals surface area contributed by atoms with Crippen molar-refractivity contribution in [1.29, 1.82) is 0 Å². The van der Waals surface area contributed by atoms with E-state index in [0.29, 0.717) is 18.1 Å². The van der Waals surface area contributed by atoms with Crippen LogP contribution in [0.2, 0.25) is 0 Å². The number of piperazine rings is 1. The molecule has 4 nitrogen and oxygen atoms in total. The van der Waals surface area contributed by atoms with E-state index < -0.39 is 0 Å². The molecule has 2 aliphatic heterocycles. The number of carbonyl (C=O) groups excluding carboxylic acids is 1. The molecule has 1 amide bonds. The summed E-state index contributed by atoms with van der Waals surface area (Å²) in [4.78, 5) is 20.5. The van der Waals surface area contributed by atoms with Crippen LogP contribution in [0.25, 0.3) is 0 Å². The van der Waals surface area contributed by atoms with Crippen molar-refractivity contribution in [3.63, 3.8) is 0 Å². The van der Waals surface area contributed by atoms with E-state index in [1.165, 1.54) is 5.56 Å². The van der Waals surface area contributed by atoms with Gasteiger partial charge >= 0.3 is 0 Å². The predicted octanol–water partition coefficient (Wildman–Crippen LogP) is 4.68. The second-order valence-electron chi connectivity index (χ2n) is 9.46. The van der Waals surface area contributed by atoms with Crippen LogP contribution in [0.4, 0.5) is 0 Å². The minimum atomic E-state index is 0.212. The average molecular weight is 420 g/mol. The molecule has 2 aromatic rings. The first-order valence-electron chi connectivity index (χ1n) is 11.9. The number of aryl methyl sites for hydroxylation is 2. The summed E-state index contributed by atoms with van der Waals surface area (Å²) >= 11 is 0. The molecule has 0 bridgehead atoms. The Kier molecular flexibility index (Phi) is 6.78. The van der Waals surface area contributed by atoms with E-state index in [2.05, 4.69) is 58.9 Å². The normalized spacial score (nSPS) is 22.5. The third kappa shape index (κ3) is 4.70. The summed E-state index contributed by atoms with van der Waals surface area (Å²) in [5.74, 6) is 0.212. The summed E-state index contributed by atoms with van der Waals surface area (Å²) in [6.45, 7) is 13.9. The maximum Gasteiger partial charge on any atom is 0.254 e. The molecule has 4 heteroatoms. The van der Waals surface area contributed by atoms with Gasteiger partial charge in [0.2, 0.25) is 0 Å². The van der Waals surface area contributed by atoms with E-state index in [9.17, 15) is 4.79 Å². The van der Waals surface area contributed by atoms with E-state index in [4.69, 9.17) is 0 Å². The van der Waals surface area contributed by atoms with Gasteiger partial charge in [0.05, 0.1) is 0 Å². The largest absolute Gasteiger partial charge is 0.339 e. The minimum Gasteiger partial charge on any atom is -0.339 e. The average Bonchev–Trinajstić information content (AvgIpc) is 2.79. The van der Waals surface area contributed by atoms with E-state index in [1.54, 1.807) is 0 Å². The standard InChI is InChI=1S/C27H37N3O/c1-20-9-8-10-21(2)26(20)27(31)28-15-13-25(14-16-28)29-17-18-30(22(3)19-29)23(4)24-11-6-5-7-12-24/h5-12,22-23,25H,13-19H2,1-4H3. The SMILES string of the molecule is Cc1cccc(C)c1C(=O)N1CCC(N2CCN(C(C)c3ccccc3)C(C)C2)CC1. The van der Waals surface area contributed by atoms with Crippen LogP contribution in [0.1, 0.15) is 59.8 Å². The van der Waals surface area contributed by atoms with Crippen LogP contribution in [0, 0.1) is 13.8 Å². The number of benzene rings is 2. The van der Waals surface area contributed by atoms with Crippen molar-refractivity contribution < 1.29 is 4.79 Å². The number of nitrogens with zero attached hydrogens (tertiary/aromatic N) is 3. The number of carbonyl (C=O) groups is 1. The lowest BCUT2D eigenvalue weighted by Crippen LogP contribution is -2.57. The molecule has 0 radical (unpaired) electrons. The van der Waals surface area contributed by atoms with Gasteiger partial charge in [0, 0.05) is 56.4 Å². The van der Waals surface area contributed by atoms with Crippen LogP contribution in [0.3, 0.4) is 0 Å². The highest BCUT2D eigenvalue weighted by atomic mass is 16.2. The number of hydrogen-bond acceptors (Lipinski definition) is 3. The van der Waals surface area contributed by atoms with Gasteiger partial charge in [-0.2, -0.15) is 0 Å². The first-order chi connectivity index (χ1) is 15.0. The second kappa shape index (κ2) is 9.54. The first kappa shape index (κ1) is 22.0. The smallest absolute Gasteiger partial charge is 0.254 e. The van der Waals surface area contributed by atoms with Gasteiger partial charge in [-0.3, -0.25) is 14.6 Å². The highest BCUT2D eigenvalue weighted by Crippen LogP contribution is 2.28. The summed E-state index contributed by atoms with van der Waals surface area (Å²) in [5, 5.41) is 0. The Morgan fingerprint density at radius 2 is 1.55 bits per heavy atom. The third-order valence-electron chi connectivity index (χ3n) is 7.45. The van der Waals surface area contributed by atoms with Gasteiger partial charge in [-0.05, 0) is 57.2 Å². The summed E-state index contributed by atoms with van der Waals surface area (Å²) in [5.41, 5.74) is 4.48. The van der Waals surface area contributed by atoms with E-state index >= 15 is 0 Å². The lowest BCUT2D eigenvalue weighted by atomic mass is 9.97. The Hall–Kier alpha value is -2.17. The summed E-state index contributed by atoms with van der Waals surface area (Å²) in [6.07, 6.45) is 2.16. The zero-order valence-electron chi connectivity index (χ0n) is 19.6. The zero-order chi connectivity index (χ0) is 22.0. The van der Waals surface area contributed by atoms with Gasteiger partial charge in [0.1, 0.15) is 0 Å². The van der Waals surface area contributed by atoms with Gasteiger partial charge < -0.3 is 4.90 Å². The topological polar surface area (TPSA) is 26.8 Å². The molecule has 2 fully saturated rings. The van der Waals surface area contributed by atoms with E-state index in [0.717, 1.165) is 62.3 Å². The Bertz CT molecular complexity index is 868. The molecule has 2 unspecified atom stereocenters. The molecule has 2 aliphatic rings. The molecule has 2 heterocycles. The molecule has 0 aromatic heterocycles. The molecule has 0 aliphatic carbocycles. The van der Waals surface area contributed by atoms with Gasteiger partial charge in [-0.15, -0.1) is 0 Å². The van der Waals surface area contributed by atoms with Crippen molar-refractivity contribution >= 4 is 5.91 Å². The maximum absolute atomic E-state index is 13.1. The summed E-state index contributed by atoms with van der Waals surface area (Å²) in [7, 11) is 0. The van der Waals surface area contributed by atoms with Gasteiger partial charge in [0.25, 0.3) is 5.91 Å². The van der Waals surface area contributed by atoms with Crippen molar-refractivity contribution in [3.05, 3.63) is 70.8 Å². The Morgan fingerprint density at radius 3 is 2.16 bits per heavy atom. The molecule has 166 valence electrons. The third-order valence-corrected chi connectivity index (χ3v) is 7.45. The fourth-order valence-electron chi connectivity index (χ4n) is 5.57. The molecule has 31 heavy (non-hydrogen) atoms. The second-order valence-corrected chi connectivity index (χ2v) is 9.46. The Morgan fingerprint density at radius 1 is 0.903 bits per heavy atom. The van der Waals surface area contributed by atoms with Crippen LogP contribution < -0.4 is 0 Å². The monoisotopic (exact) mass is 419 g/mol. The fourth-order valence-corrected chi connectivity index (χ4v) is 5.57. The first-order valence-corrected chi connectivity index (χ1v) is 11.9. The van der Waals surface area contributed by atoms with Crippen molar-refractivity contribution in [2.24, 2.45) is 0 Å². The van der Waals surface area contributed by atoms with E-state index in [1.807, 2.05) is 32.0 Å². The predicted molar refractivity (Wildman–Crippen MR) is 127 cm³/mol. The Labute approximate surface area is 187 Å². The highest BCUT2D eigenvalue weighted by Gasteiger charge is 2.34. The number of hydrogen-bond donors (Lipinski definition) is 0. The molecule has 2 saturated heterocycles. The number of piperidine rings is 1. The molecule has 0 saturated carbocycles. The maximum atomic E-state index is 13.1. The van der Waals surface area contributed by atoms with Crippen molar-refractivity contribution in [3.8, 4) is 0 Å². The number of likely N-dealkylation sites (tertiary alicyclic amines) is 1. The van der Waals surface area contributed by atoms with Crippen LogP contribution in [-0.2, 0) is 0 Å². The van der Waals surface area contributed by atoms with Gasteiger partial charge in [0.15, 0.2) is 0 Å². The zero-order valence-corrected chi connectivity index (χ0v) is 19.6. The molecule has 2 aromatic carbocycles. The summed E-state index contributed by atoms with van der Waals surface area (Å²) in [6, 6.07) is 18.6. The lowest BCUT2D eigenvalue weighted by Gasteiger charge is -2.47. The highest BCUT2D eigenvalue weighted by molar-refractivity contribution is 5.97. The van der Waals surface area contributed by atoms with Gasteiger partial charge in [-0.1, -0.05) is 48.5 Å². The molecule has 4 rings (SSSR count). The quantitative estimate of drug-likeness (QED) is 0.720. The minimum absolute atomic E-state index is 0.212. The number of amides is 1. The molecule has 2 atom stereocenters. The molecular weight excluding hydrogens is 382 g/mol. The van der Waals surface area contributed by atoms with Crippen LogP contribution in [0.15, 0.2) is 48.5 Å². The lowest BCUT2D eigenvalue weighted by molar-refractivity contribution is 0.0135. The van der Waals surface area contributed by atoms with Crippen molar-refractivity contribution in [2.75, 3.05) is 32.7 Å². The molecule has 0 spiro atoms. The van der Waals surface area contributed by atoms with Gasteiger partial charge in [-0.25, -0.2) is 0 Å². The number of rotatable bonds is 4. The van der Waals surface area contributed by atoms with E-state index in [-0.39, 0.29) is 5.91 Å². The summed E-state index contributed by atoms with van der Waals surface area (Å²) < 4.78 is 0. The van der Waals surface area contributed by atoms with Crippen molar-refractivity contribution in [1.82, 2.24) is 14.7 Å². The fraction of sp³-hybridized carbons (Fsp3) is 0.519. The Balaban J connectivity index is 1.32. The van der Waals surface area contributed by atoms with Crippen LogP contribution >= 0.6 is 0 Å². The van der Waals surface area contributed by atoms with Crippen molar-refractivity contribution in [2.45, 2.75) is 58.7 Å². The molecule has 0 N–H and O–H groups in total.